The van der Waals surface area contributed by atoms with Crippen molar-refractivity contribution in [3.63, 3.8) is 0 Å². The van der Waals surface area contributed by atoms with E-state index < -0.39 is 0 Å². The summed E-state index contributed by atoms with van der Waals surface area (Å²) in [6.45, 7) is 0. The van der Waals surface area contributed by atoms with Crippen molar-refractivity contribution >= 4 is 92.1 Å². The minimum absolute atomic E-state index is 0.887. The molecule has 42 heavy (non-hydrogen) atoms. The molecule has 3 nitrogen and oxygen atoms in total. The van der Waals surface area contributed by atoms with E-state index in [1.54, 1.807) is 11.3 Å². The Morgan fingerprint density at radius 1 is 0.524 bits per heavy atom. The van der Waals surface area contributed by atoms with E-state index in [1.807, 2.05) is 29.5 Å². The number of hydrogen-bond acceptors (Lipinski definition) is 5. The second kappa shape index (κ2) is 9.28. The first-order chi connectivity index (χ1) is 20.8. The fourth-order valence-corrected chi connectivity index (χ4v) is 8.15. The van der Waals surface area contributed by atoms with Crippen molar-refractivity contribution in [1.82, 2.24) is 4.98 Å². The maximum absolute atomic E-state index is 6.27. The molecule has 0 N–H and O–H groups in total. The maximum atomic E-state index is 6.27. The number of benzene rings is 6. The highest BCUT2D eigenvalue weighted by atomic mass is 32.1. The summed E-state index contributed by atoms with van der Waals surface area (Å²) in [5.74, 6) is 0. The number of para-hydroxylation sites is 2. The molecule has 0 spiro atoms. The van der Waals surface area contributed by atoms with Crippen molar-refractivity contribution in [2.24, 2.45) is 0 Å². The molecule has 3 aromatic heterocycles. The third-order valence-electron chi connectivity index (χ3n) is 7.89. The van der Waals surface area contributed by atoms with Crippen LogP contribution in [0.5, 0.6) is 0 Å². The Labute approximate surface area is 249 Å². The van der Waals surface area contributed by atoms with Gasteiger partial charge in [0.2, 0.25) is 0 Å². The van der Waals surface area contributed by atoms with Crippen molar-refractivity contribution in [2.45, 2.75) is 0 Å². The summed E-state index contributed by atoms with van der Waals surface area (Å²) in [5, 5.41) is 5.78. The van der Waals surface area contributed by atoms with Gasteiger partial charge in [0.15, 0.2) is 0 Å². The minimum Gasteiger partial charge on any atom is -0.456 e. The highest BCUT2D eigenvalue weighted by Crippen LogP contribution is 2.46. The molecule has 0 saturated heterocycles. The molecule has 198 valence electrons. The van der Waals surface area contributed by atoms with E-state index in [2.05, 4.69) is 120 Å². The van der Waals surface area contributed by atoms with Gasteiger partial charge < -0.3 is 9.32 Å². The Hall–Kier alpha value is -4.97. The van der Waals surface area contributed by atoms with Crippen LogP contribution in [0.1, 0.15) is 0 Å². The highest BCUT2D eigenvalue weighted by molar-refractivity contribution is 7.26. The lowest BCUT2D eigenvalue weighted by Gasteiger charge is -2.26. The van der Waals surface area contributed by atoms with Gasteiger partial charge in [-0.25, -0.2) is 4.98 Å². The zero-order chi connectivity index (χ0) is 27.6. The van der Waals surface area contributed by atoms with Crippen molar-refractivity contribution in [3.05, 3.63) is 133 Å². The van der Waals surface area contributed by atoms with E-state index in [0.717, 1.165) is 55.1 Å². The molecule has 0 bridgehead atoms. The Balaban J connectivity index is 1.27. The van der Waals surface area contributed by atoms with Crippen molar-refractivity contribution < 1.29 is 4.42 Å². The molecule has 0 saturated carbocycles. The van der Waals surface area contributed by atoms with Gasteiger partial charge in [0.25, 0.3) is 0 Å². The van der Waals surface area contributed by atoms with Crippen LogP contribution >= 0.6 is 22.7 Å². The lowest BCUT2D eigenvalue weighted by Crippen LogP contribution is -2.10. The van der Waals surface area contributed by atoms with Gasteiger partial charge in [0.1, 0.15) is 16.2 Å². The van der Waals surface area contributed by atoms with Crippen LogP contribution in [0.4, 0.5) is 17.1 Å². The Morgan fingerprint density at radius 2 is 1.29 bits per heavy atom. The number of furan rings is 1. The molecule has 3 heterocycles. The summed E-state index contributed by atoms with van der Waals surface area (Å²) in [7, 11) is 0. The zero-order valence-corrected chi connectivity index (χ0v) is 24.0. The van der Waals surface area contributed by atoms with E-state index in [-0.39, 0.29) is 0 Å². The van der Waals surface area contributed by atoms with Gasteiger partial charge >= 0.3 is 0 Å². The van der Waals surface area contributed by atoms with Gasteiger partial charge in [0.05, 0.1) is 21.3 Å². The van der Waals surface area contributed by atoms with Crippen LogP contribution in [0.3, 0.4) is 0 Å². The molecule has 5 heteroatoms. The Kier molecular flexibility index (Phi) is 5.24. The topological polar surface area (TPSA) is 29.3 Å². The summed E-state index contributed by atoms with van der Waals surface area (Å²) < 4.78 is 9.99. The number of nitrogens with zero attached hydrogens (tertiary/aromatic N) is 2. The predicted molar refractivity (Wildman–Crippen MR) is 180 cm³/mol. The second-order valence-electron chi connectivity index (χ2n) is 10.4. The van der Waals surface area contributed by atoms with Gasteiger partial charge in [-0.15, -0.1) is 22.7 Å². The first-order valence-electron chi connectivity index (χ1n) is 13.9. The lowest BCUT2D eigenvalue weighted by molar-refractivity contribution is 0.669. The molecule has 0 unspecified atom stereocenters. The van der Waals surface area contributed by atoms with Crippen LogP contribution in [0.2, 0.25) is 0 Å². The third-order valence-corrected chi connectivity index (χ3v) is 10.1. The number of rotatable bonds is 4. The van der Waals surface area contributed by atoms with Crippen LogP contribution in [0.25, 0.3) is 62.9 Å². The van der Waals surface area contributed by atoms with Crippen LogP contribution in [-0.2, 0) is 0 Å². The monoisotopic (exact) mass is 574 g/mol. The fraction of sp³-hybridized carbons (Fsp3) is 0. The molecule has 0 aliphatic carbocycles. The average Bonchev–Trinajstić information content (AvgIpc) is 3.75. The van der Waals surface area contributed by atoms with E-state index in [1.165, 1.54) is 24.9 Å². The SMILES string of the molecule is c1ccc(-c2nc3c(ccc4sc5cc(N(c6ccccc6)c6cccc7oc8ccccc8c67)ccc5c43)s2)cc1. The van der Waals surface area contributed by atoms with Gasteiger partial charge in [-0.2, -0.15) is 0 Å². The maximum Gasteiger partial charge on any atom is 0.137 e. The van der Waals surface area contributed by atoms with Crippen LogP contribution in [0, 0.1) is 0 Å². The number of fused-ring (bicyclic) bond motifs is 8. The molecule has 9 rings (SSSR count). The molecule has 0 atom stereocenters. The standard InChI is InChI=1S/C37H22N2OS2/c1-3-10-23(11-4-1)37-38-36-32(42-37)21-20-31-35(36)27-19-18-25(22-33(27)41-31)39(24-12-5-2-6-13-24)28-15-9-17-30-34(28)26-14-7-8-16-29(26)40-30/h1-22H. The van der Waals surface area contributed by atoms with Gasteiger partial charge in [-0.05, 0) is 54.6 Å². The summed E-state index contributed by atoms with van der Waals surface area (Å²) in [6.07, 6.45) is 0. The molecule has 0 fully saturated rings. The molecule has 0 amide bonds. The number of thiophene rings is 1. The van der Waals surface area contributed by atoms with Crippen LogP contribution in [-0.4, -0.2) is 4.98 Å². The molecule has 0 aliphatic heterocycles. The molecule has 0 radical (unpaired) electrons. The van der Waals surface area contributed by atoms with Crippen molar-refractivity contribution in [2.75, 3.05) is 4.90 Å². The van der Waals surface area contributed by atoms with E-state index in [9.17, 15) is 0 Å². The molecule has 6 aromatic carbocycles. The summed E-state index contributed by atoms with van der Waals surface area (Å²) in [6, 6.07) is 47.0. The van der Waals surface area contributed by atoms with E-state index in [4.69, 9.17) is 9.40 Å². The second-order valence-corrected chi connectivity index (χ2v) is 12.5. The average molecular weight is 575 g/mol. The van der Waals surface area contributed by atoms with Gasteiger partial charge in [-0.1, -0.05) is 78.9 Å². The number of aromatic nitrogens is 1. The molecular weight excluding hydrogens is 553 g/mol. The largest absolute Gasteiger partial charge is 0.456 e. The summed E-state index contributed by atoms with van der Waals surface area (Å²) in [4.78, 5) is 7.50. The molecular formula is C37H22N2OS2. The lowest BCUT2D eigenvalue weighted by atomic mass is 10.1. The zero-order valence-electron chi connectivity index (χ0n) is 22.3. The Morgan fingerprint density at radius 3 is 2.17 bits per heavy atom. The third kappa shape index (κ3) is 3.61. The number of hydrogen-bond donors (Lipinski definition) is 0. The molecule has 0 aliphatic rings. The number of thiazole rings is 1. The summed E-state index contributed by atoms with van der Waals surface area (Å²) in [5.41, 5.74) is 7.34. The van der Waals surface area contributed by atoms with Gasteiger partial charge in [-0.3, -0.25) is 0 Å². The smallest absolute Gasteiger partial charge is 0.137 e. The van der Waals surface area contributed by atoms with Crippen molar-refractivity contribution in [3.8, 4) is 10.6 Å². The van der Waals surface area contributed by atoms with Crippen molar-refractivity contribution in [1.29, 1.82) is 0 Å². The minimum atomic E-state index is 0.887. The number of anilines is 3. The normalized spacial score (nSPS) is 11.8. The predicted octanol–water partition coefficient (Wildman–Crippen LogP) is 11.7. The van der Waals surface area contributed by atoms with E-state index >= 15 is 0 Å². The van der Waals surface area contributed by atoms with Crippen LogP contribution in [0.15, 0.2) is 138 Å². The van der Waals surface area contributed by atoms with Gasteiger partial charge in [0, 0.05) is 42.5 Å². The summed E-state index contributed by atoms with van der Waals surface area (Å²) >= 11 is 3.59. The van der Waals surface area contributed by atoms with E-state index in [0.29, 0.717) is 0 Å². The highest BCUT2D eigenvalue weighted by Gasteiger charge is 2.21. The molecule has 9 aromatic rings. The van der Waals surface area contributed by atoms with Crippen LogP contribution < -0.4 is 4.90 Å². The quantitative estimate of drug-likeness (QED) is 0.209. The first kappa shape index (κ1) is 23.7. The first-order valence-corrected chi connectivity index (χ1v) is 15.5. The Bertz CT molecular complexity index is 2420. The fourth-order valence-electron chi connectivity index (χ4n) is 6.03.